The third kappa shape index (κ3) is 3.61. The number of amides is 1. The SMILES string of the molecule is O=C(NCC1CCN(c2cccnc2)CC1)c1cccs1. The third-order valence-corrected chi connectivity index (χ3v) is 4.79. The summed E-state index contributed by atoms with van der Waals surface area (Å²) in [5.74, 6) is 0.626. The number of aromatic nitrogens is 1. The van der Waals surface area contributed by atoms with Crippen molar-refractivity contribution in [1.82, 2.24) is 10.3 Å². The molecule has 1 fully saturated rings. The van der Waals surface area contributed by atoms with Gasteiger partial charge in [-0.2, -0.15) is 0 Å². The van der Waals surface area contributed by atoms with E-state index in [-0.39, 0.29) is 5.91 Å². The predicted octanol–water partition coefficient (Wildman–Crippen LogP) is 2.79. The number of piperidine rings is 1. The summed E-state index contributed by atoms with van der Waals surface area (Å²) in [4.78, 5) is 19.2. The van der Waals surface area contributed by atoms with Gasteiger partial charge < -0.3 is 10.2 Å². The lowest BCUT2D eigenvalue weighted by Crippen LogP contribution is -2.38. The van der Waals surface area contributed by atoms with Gasteiger partial charge in [0.15, 0.2) is 0 Å². The summed E-state index contributed by atoms with van der Waals surface area (Å²) in [7, 11) is 0. The van der Waals surface area contributed by atoms with Crippen molar-refractivity contribution in [2.24, 2.45) is 5.92 Å². The lowest BCUT2D eigenvalue weighted by Gasteiger charge is -2.33. The number of pyridine rings is 1. The number of nitrogens with one attached hydrogen (secondary N) is 1. The van der Waals surface area contributed by atoms with Crippen LogP contribution >= 0.6 is 11.3 Å². The van der Waals surface area contributed by atoms with Crippen molar-refractivity contribution in [2.45, 2.75) is 12.8 Å². The van der Waals surface area contributed by atoms with Crippen molar-refractivity contribution >= 4 is 22.9 Å². The van der Waals surface area contributed by atoms with Crippen LogP contribution in [-0.2, 0) is 0 Å². The number of rotatable bonds is 4. The summed E-state index contributed by atoms with van der Waals surface area (Å²) in [6.45, 7) is 2.84. The summed E-state index contributed by atoms with van der Waals surface area (Å²) in [6, 6.07) is 7.85. The van der Waals surface area contributed by atoms with Crippen molar-refractivity contribution in [3.8, 4) is 0 Å². The van der Waals surface area contributed by atoms with E-state index in [1.54, 1.807) is 6.20 Å². The molecule has 1 aliphatic heterocycles. The molecule has 0 spiro atoms. The molecule has 3 rings (SSSR count). The number of carbonyl (C=O) groups excluding carboxylic acids is 1. The molecule has 4 nitrogen and oxygen atoms in total. The van der Waals surface area contributed by atoms with Crippen LogP contribution in [0, 0.1) is 5.92 Å². The van der Waals surface area contributed by atoms with Gasteiger partial charge in [0.25, 0.3) is 5.91 Å². The average molecular weight is 301 g/mol. The maximum atomic E-state index is 11.9. The van der Waals surface area contributed by atoms with E-state index in [0.29, 0.717) is 5.92 Å². The molecule has 0 aliphatic carbocycles. The minimum atomic E-state index is 0.0553. The van der Waals surface area contributed by atoms with Crippen LogP contribution in [-0.4, -0.2) is 30.5 Å². The summed E-state index contributed by atoms with van der Waals surface area (Å²) < 4.78 is 0. The standard InChI is InChI=1S/C16H19N3OS/c20-16(15-4-2-10-21-15)18-11-13-5-8-19(9-6-13)14-3-1-7-17-12-14/h1-4,7,10,12-13H,5-6,8-9,11H2,(H,18,20). The van der Waals surface area contributed by atoms with Gasteiger partial charge in [-0.1, -0.05) is 6.07 Å². The highest BCUT2D eigenvalue weighted by atomic mass is 32.1. The Balaban J connectivity index is 1.45. The van der Waals surface area contributed by atoms with Crippen LogP contribution in [0.1, 0.15) is 22.5 Å². The quantitative estimate of drug-likeness (QED) is 0.944. The maximum Gasteiger partial charge on any atom is 0.261 e. The number of carbonyl (C=O) groups is 1. The first-order chi connectivity index (χ1) is 10.3. The zero-order chi connectivity index (χ0) is 14.5. The van der Waals surface area contributed by atoms with E-state index in [2.05, 4.69) is 21.3 Å². The smallest absolute Gasteiger partial charge is 0.261 e. The zero-order valence-corrected chi connectivity index (χ0v) is 12.7. The van der Waals surface area contributed by atoms with Gasteiger partial charge >= 0.3 is 0 Å². The molecule has 2 aromatic rings. The van der Waals surface area contributed by atoms with Crippen molar-refractivity contribution in [2.75, 3.05) is 24.5 Å². The van der Waals surface area contributed by atoms with Crippen molar-refractivity contribution in [3.63, 3.8) is 0 Å². The highest BCUT2D eigenvalue weighted by Crippen LogP contribution is 2.22. The second kappa shape index (κ2) is 6.72. The van der Waals surface area contributed by atoms with Crippen molar-refractivity contribution in [3.05, 3.63) is 46.9 Å². The Bertz CT molecular complexity index is 562. The molecule has 1 aliphatic rings. The number of anilines is 1. The monoisotopic (exact) mass is 301 g/mol. The van der Waals surface area contributed by atoms with Crippen LogP contribution in [0.3, 0.4) is 0 Å². The Kier molecular flexibility index (Phi) is 4.50. The number of nitrogens with zero attached hydrogens (tertiary/aromatic N) is 2. The van der Waals surface area contributed by atoms with E-state index >= 15 is 0 Å². The second-order valence-corrected chi connectivity index (χ2v) is 6.28. The van der Waals surface area contributed by atoms with E-state index in [9.17, 15) is 4.79 Å². The Morgan fingerprint density at radius 2 is 2.19 bits per heavy atom. The van der Waals surface area contributed by atoms with Gasteiger partial charge in [-0.25, -0.2) is 0 Å². The molecule has 0 aromatic carbocycles. The van der Waals surface area contributed by atoms with E-state index < -0.39 is 0 Å². The van der Waals surface area contributed by atoms with Crippen LogP contribution in [0.15, 0.2) is 42.0 Å². The zero-order valence-electron chi connectivity index (χ0n) is 11.9. The highest BCUT2D eigenvalue weighted by Gasteiger charge is 2.20. The molecule has 0 unspecified atom stereocenters. The molecule has 0 radical (unpaired) electrons. The number of hydrogen-bond donors (Lipinski definition) is 1. The normalized spacial score (nSPS) is 15.9. The summed E-state index contributed by atoms with van der Waals surface area (Å²) in [5, 5.41) is 4.98. The van der Waals surface area contributed by atoms with Crippen LogP contribution in [0.5, 0.6) is 0 Å². The Morgan fingerprint density at radius 3 is 2.86 bits per heavy atom. The number of hydrogen-bond acceptors (Lipinski definition) is 4. The molecule has 0 saturated carbocycles. The molecule has 0 bridgehead atoms. The molecule has 0 atom stereocenters. The topological polar surface area (TPSA) is 45.2 Å². The van der Waals surface area contributed by atoms with Crippen LogP contribution in [0.2, 0.25) is 0 Å². The first kappa shape index (κ1) is 14.1. The third-order valence-electron chi connectivity index (χ3n) is 3.92. The Hall–Kier alpha value is -1.88. The maximum absolute atomic E-state index is 11.9. The van der Waals surface area contributed by atoms with Crippen LogP contribution in [0.4, 0.5) is 5.69 Å². The largest absolute Gasteiger partial charge is 0.370 e. The average Bonchev–Trinajstić information content (AvgIpc) is 3.08. The first-order valence-electron chi connectivity index (χ1n) is 7.29. The molecule has 21 heavy (non-hydrogen) atoms. The molecule has 110 valence electrons. The Morgan fingerprint density at radius 1 is 1.33 bits per heavy atom. The second-order valence-electron chi connectivity index (χ2n) is 5.33. The molecule has 1 N–H and O–H groups in total. The molecule has 2 aromatic heterocycles. The lowest BCUT2D eigenvalue weighted by molar-refractivity contribution is 0.0949. The molecule has 3 heterocycles. The summed E-state index contributed by atoms with van der Waals surface area (Å²) in [5.41, 5.74) is 1.19. The fourth-order valence-corrected chi connectivity index (χ4v) is 3.31. The van der Waals surface area contributed by atoms with Gasteiger partial charge in [0.1, 0.15) is 0 Å². The van der Waals surface area contributed by atoms with Crippen LogP contribution < -0.4 is 10.2 Å². The van der Waals surface area contributed by atoms with E-state index in [1.807, 2.05) is 29.8 Å². The minimum Gasteiger partial charge on any atom is -0.370 e. The van der Waals surface area contributed by atoms with E-state index in [1.165, 1.54) is 17.0 Å². The minimum absolute atomic E-state index is 0.0553. The molecule has 1 saturated heterocycles. The van der Waals surface area contributed by atoms with Gasteiger partial charge in [0.2, 0.25) is 0 Å². The fraction of sp³-hybridized carbons (Fsp3) is 0.375. The highest BCUT2D eigenvalue weighted by molar-refractivity contribution is 7.12. The lowest BCUT2D eigenvalue weighted by atomic mass is 9.96. The van der Waals surface area contributed by atoms with Crippen LogP contribution in [0.25, 0.3) is 0 Å². The molecular formula is C16H19N3OS. The number of thiophene rings is 1. The Labute approximate surface area is 128 Å². The van der Waals surface area contributed by atoms with Crippen molar-refractivity contribution < 1.29 is 4.79 Å². The van der Waals surface area contributed by atoms with Gasteiger partial charge in [0.05, 0.1) is 16.8 Å². The van der Waals surface area contributed by atoms with Gasteiger partial charge in [-0.3, -0.25) is 9.78 Å². The molecular weight excluding hydrogens is 282 g/mol. The predicted molar refractivity (Wildman–Crippen MR) is 85.8 cm³/mol. The van der Waals surface area contributed by atoms with Gasteiger partial charge in [0, 0.05) is 25.8 Å². The van der Waals surface area contributed by atoms with Crippen molar-refractivity contribution in [1.29, 1.82) is 0 Å². The summed E-state index contributed by atoms with van der Waals surface area (Å²) in [6.07, 6.45) is 5.94. The van der Waals surface area contributed by atoms with E-state index in [4.69, 9.17) is 0 Å². The van der Waals surface area contributed by atoms with E-state index in [0.717, 1.165) is 37.4 Å². The molecule has 5 heteroatoms. The first-order valence-corrected chi connectivity index (χ1v) is 8.17. The summed E-state index contributed by atoms with van der Waals surface area (Å²) >= 11 is 1.49. The molecule has 1 amide bonds. The fourth-order valence-electron chi connectivity index (χ4n) is 2.67. The van der Waals surface area contributed by atoms with Gasteiger partial charge in [-0.05, 0) is 42.3 Å². The van der Waals surface area contributed by atoms with Gasteiger partial charge in [-0.15, -0.1) is 11.3 Å².